The predicted molar refractivity (Wildman–Crippen MR) is 108 cm³/mol. The van der Waals surface area contributed by atoms with E-state index in [0.29, 0.717) is 12.6 Å². The summed E-state index contributed by atoms with van der Waals surface area (Å²) in [6, 6.07) is 16.6. The van der Waals surface area contributed by atoms with Gasteiger partial charge in [0.15, 0.2) is 0 Å². The van der Waals surface area contributed by atoms with Gasteiger partial charge >= 0.3 is 0 Å². The molecule has 1 aromatic heterocycles. The van der Waals surface area contributed by atoms with Crippen molar-refractivity contribution in [1.29, 1.82) is 0 Å². The zero-order valence-electron chi connectivity index (χ0n) is 15.9. The molecule has 3 aromatic rings. The molecule has 0 aliphatic carbocycles. The smallest absolute Gasteiger partial charge is 0.219 e. The van der Waals surface area contributed by atoms with Gasteiger partial charge in [-0.05, 0) is 25.1 Å². The normalized spacial score (nSPS) is 20.0. The number of ether oxygens (including phenoxy) is 1. The summed E-state index contributed by atoms with van der Waals surface area (Å²) >= 11 is 0. The fourth-order valence-corrected chi connectivity index (χ4v) is 4.09. The van der Waals surface area contributed by atoms with Crippen LogP contribution in [0.1, 0.15) is 17.3 Å². The maximum atomic E-state index is 12.9. The molecule has 1 aliphatic heterocycles. The van der Waals surface area contributed by atoms with E-state index in [0.717, 1.165) is 41.9 Å². The summed E-state index contributed by atoms with van der Waals surface area (Å²) < 4.78 is 5.35. The molecule has 1 aliphatic rings. The van der Waals surface area contributed by atoms with Crippen molar-refractivity contribution in [3.05, 3.63) is 60.3 Å². The van der Waals surface area contributed by atoms with Crippen LogP contribution in [0, 0.1) is 0 Å². The van der Waals surface area contributed by atoms with E-state index in [-0.39, 0.29) is 5.78 Å². The van der Waals surface area contributed by atoms with Crippen molar-refractivity contribution in [2.45, 2.75) is 13.0 Å². The van der Waals surface area contributed by atoms with E-state index in [1.54, 1.807) is 7.11 Å². The van der Waals surface area contributed by atoms with E-state index in [1.165, 1.54) is 10.6 Å². The Labute approximate surface area is 159 Å². The highest BCUT2D eigenvalue weighted by atomic mass is 16.5. The van der Waals surface area contributed by atoms with Crippen molar-refractivity contribution < 1.29 is 14.4 Å². The van der Waals surface area contributed by atoms with E-state index < -0.39 is 0 Å². The number of nitrogens with zero attached hydrogens (tertiary/aromatic N) is 1. The number of nitrogens with one attached hydrogen (secondary N) is 2. The third kappa shape index (κ3) is 3.55. The van der Waals surface area contributed by atoms with Crippen LogP contribution in [0.5, 0.6) is 5.75 Å². The van der Waals surface area contributed by atoms with Crippen molar-refractivity contribution in [2.75, 3.05) is 38.2 Å². The quantitative estimate of drug-likeness (QED) is 0.682. The first-order valence-electron chi connectivity index (χ1n) is 9.49. The van der Waals surface area contributed by atoms with Crippen LogP contribution in [0.2, 0.25) is 0 Å². The summed E-state index contributed by atoms with van der Waals surface area (Å²) in [5.74, 6) is 1.09. The number of hydrogen-bond acceptors (Lipinski definition) is 3. The van der Waals surface area contributed by atoms with Gasteiger partial charge in [-0.2, -0.15) is 0 Å². The van der Waals surface area contributed by atoms with Gasteiger partial charge in [-0.1, -0.05) is 24.3 Å². The molecule has 2 heterocycles. The number of rotatable bonds is 5. The Hall–Kier alpha value is -2.79. The Morgan fingerprint density at radius 2 is 2.11 bits per heavy atom. The molecular formula is C22H26N3O2+. The highest BCUT2D eigenvalue weighted by molar-refractivity contribution is 6.08. The lowest BCUT2D eigenvalue weighted by molar-refractivity contribution is -0.894. The number of quaternary nitrogens is 1. The maximum absolute atomic E-state index is 12.9. The second-order valence-corrected chi connectivity index (χ2v) is 7.30. The molecule has 1 unspecified atom stereocenters. The molecule has 4 rings (SSSR count). The van der Waals surface area contributed by atoms with E-state index >= 15 is 0 Å². The van der Waals surface area contributed by atoms with Crippen LogP contribution in [-0.2, 0) is 0 Å². The lowest BCUT2D eigenvalue weighted by Gasteiger charge is -2.38. The van der Waals surface area contributed by atoms with Gasteiger partial charge in [0.25, 0.3) is 0 Å². The highest BCUT2D eigenvalue weighted by Gasteiger charge is 2.29. The number of benzene rings is 2. The minimum absolute atomic E-state index is 0.212. The maximum Gasteiger partial charge on any atom is 0.219 e. The van der Waals surface area contributed by atoms with Gasteiger partial charge in [0.1, 0.15) is 12.3 Å². The number of methoxy groups -OCH3 is 1. The van der Waals surface area contributed by atoms with Crippen LogP contribution < -0.4 is 14.5 Å². The standard InChI is InChI=1S/C22H25N3O2/c1-16-14-24(10-11-25(16)17-6-5-7-18(12-17)27-2)15-22(26)20-13-23-21-9-4-3-8-19(20)21/h3-9,12-13,16,23H,10-11,14-15H2,1-2H3/p+1/t16-/m1/s1. The monoisotopic (exact) mass is 364 g/mol. The number of Topliss-reactive ketones (excluding diaryl/α,β-unsaturated/α-hetero) is 1. The van der Waals surface area contributed by atoms with Gasteiger partial charge in [-0.25, -0.2) is 0 Å². The highest BCUT2D eigenvalue weighted by Crippen LogP contribution is 2.23. The van der Waals surface area contributed by atoms with Gasteiger partial charge in [0.2, 0.25) is 5.78 Å². The average Bonchev–Trinajstić information content (AvgIpc) is 3.12. The molecule has 0 radical (unpaired) electrons. The fourth-order valence-electron chi connectivity index (χ4n) is 4.09. The number of carbonyl (C=O) groups is 1. The van der Waals surface area contributed by atoms with Crippen molar-refractivity contribution >= 4 is 22.4 Å². The van der Waals surface area contributed by atoms with Gasteiger partial charge in [-0.15, -0.1) is 0 Å². The van der Waals surface area contributed by atoms with Crippen LogP contribution in [-0.4, -0.2) is 50.1 Å². The van der Waals surface area contributed by atoms with Gasteiger partial charge < -0.3 is 19.5 Å². The molecule has 2 N–H and O–H groups in total. The summed E-state index contributed by atoms with van der Waals surface area (Å²) in [6.45, 7) is 5.61. The molecule has 1 fully saturated rings. The minimum Gasteiger partial charge on any atom is -0.497 e. The number of H-pyrrole nitrogens is 1. The number of para-hydroxylation sites is 1. The van der Waals surface area contributed by atoms with Crippen molar-refractivity contribution in [3.8, 4) is 5.75 Å². The third-order valence-electron chi connectivity index (χ3n) is 5.51. The van der Waals surface area contributed by atoms with Crippen LogP contribution in [0.15, 0.2) is 54.7 Å². The van der Waals surface area contributed by atoms with Gasteiger partial charge in [0.05, 0.1) is 32.8 Å². The SMILES string of the molecule is COc1cccc(N2CC[NH+](CC(=O)c3c[nH]c4ccccc34)C[C@H]2C)c1. The number of carbonyl (C=O) groups excluding carboxylic acids is 1. The summed E-state index contributed by atoms with van der Waals surface area (Å²) in [5.41, 5.74) is 3.01. The van der Waals surface area contributed by atoms with Crippen LogP contribution in [0.4, 0.5) is 5.69 Å². The number of hydrogen-bond donors (Lipinski definition) is 2. The Balaban J connectivity index is 1.43. The minimum atomic E-state index is 0.212. The summed E-state index contributed by atoms with van der Waals surface area (Å²) in [7, 11) is 1.70. The van der Waals surface area contributed by atoms with Gasteiger partial charge in [0, 0.05) is 34.4 Å². The number of piperazine rings is 1. The molecular weight excluding hydrogens is 338 g/mol. The van der Waals surface area contributed by atoms with E-state index in [2.05, 4.69) is 28.9 Å². The zero-order valence-corrected chi connectivity index (χ0v) is 15.9. The Morgan fingerprint density at radius 1 is 1.26 bits per heavy atom. The average molecular weight is 364 g/mol. The largest absolute Gasteiger partial charge is 0.497 e. The lowest BCUT2D eigenvalue weighted by Crippen LogP contribution is -3.16. The van der Waals surface area contributed by atoms with Crippen LogP contribution in [0.3, 0.4) is 0 Å². The molecule has 5 heteroatoms. The number of aromatic amines is 1. The molecule has 0 spiro atoms. The Morgan fingerprint density at radius 3 is 2.93 bits per heavy atom. The molecule has 140 valence electrons. The lowest BCUT2D eigenvalue weighted by atomic mass is 10.1. The topological polar surface area (TPSA) is 49.8 Å². The number of fused-ring (bicyclic) bond motifs is 1. The summed E-state index contributed by atoms with van der Waals surface area (Å²) in [6.07, 6.45) is 1.85. The first-order valence-corrected chi connectivity index (χ1v) is 9.49. The van der Waals surface area contributed by atoms with Gasteiger partial charge in [-0.3, -0.25) is 4.79 Å². The summed E-state index contributed by atoms with van der Waals surface area (Å²) in [5, 5.41) is 1.02. The molecule has 1 saturated heterocycles. The van der Waals surface area contributed by atoms with E-state index in [4.69, 9.17) is 4.74 Å². The van der Waals surface area contributed by atoms with E-state index in [1.807, 2.05) is 42.6 Å². The number of aromatic nitrogens is 1. The first kappa shape index (κ1) is 17.6. The number of ketones is 1. The Kier molecular flexibility index (Phi) is 4.86. The molecule has 0 bridgehead atoms. The molecule has 0 amide bonds. The predicted octanol–water partition coefficient (Wildman–Crippen LogP) is 2.15. The second-order valence-electron chi connectivity index (χ2n) is 7.30. The molecule has 0 saturated carbocycles. The molecule has 5 nitrogen and oxygen atoms in total. The fraction of sp³-hybridized carbons (Fsp3) is 0.318. The molecule has 2 aromatic carbocycles. The molecule has 27 heavy (non-hydrogen) atoms. The molecule has 2 atom stereocenters. The van der Waals surface area contributed by atoms with Crippen molar-refractivity contribution in [3.63, 3.8) is 0 Å². The third-order valence-corrected chi connectivity index (χ3v) is 5.51. The summed E-state index contributed by atoms with van der Waals surface area (Å²) in [4.78, 5) is 19.8. The van der Waals surface area contributed by atoms with Crippen LogP contribution >= 0.6 is 0 Å². The number of anilines is 1. The second kappa shape index (κ2) is 7.45. The van der Waals surface area contributed by atoms with Crippen molar-refractivity contribution in [2.24, 2.45) is 0 Å². The Bertz CT molecular complexity index is 949. The van der Waals surface area contributed by atoms with Crippen LogP contribution in [0.25, 0.3) is 10.9 Å². The van der Waals surface area contributed by atoms with Crippen molar-refractivity contribution in [1.82, 2.24) is 4.98 Å². The van der Waals surface area contributed by atoms with E-state index in [9.17, 15) is 4.79 Å². The zero-order chi connectivity index (χ0) is 18.8. The first-order chi connectivity index (χ1) is 13.2.